The predicted octanol–water partition coefficient (Wildman–Crippen LogP) is 2.42. The maximum absolute atomic E-state index is 11.1. The Balaban J connectivity index is 2.76. The summed E-state index contributed by atoms with van der Waals surface area (Å²) in [4.78, 5) is 18.1. The van der Waals surface area contributed by atoms with Gasteiger partial charge in [-0.3, -0.25) is 9.78 Å². The van der Waals surface area contributed by atoms with E-state index in [2.05, 4.69) is 9.97 Å². The molecule has 0 saturated carbocycles. The first kappa shape index (κ1) is 8.26. The van der Waals surface area contributed by atoms with Crippen molar-refractivity contribution in [1.29, 1.82) is 0 Å². The molecular formula is C9H7ClN2O. The number of nitrogens with zero attached hydrogens (tertiary/aromatic N) is 1. The summed E-state index contributed by atoms with van der Waals surface area (Å²) in [5, 5.41) is 0.560. The van der Waals surface area contributed by atoms with Crippen molar-refractivity contribution in [3.05, 3.63) is 29.0 Å². The SMILES string of the molecule is CC(=O)c1c[nH]c2cc(Cl)cnc12. The zero-order valence-corrected chi connectivity index (χ0v) is 7.72. The Kier molecular flexibility index (Phi) is 1.81. The van der Waals surface area contributed by atoms with Gasteiger partial charge in [0.05, 0.1) is 21.6 Å². The average molecular weight is 195 g/mol. The van der Waals surface area contributed by atoms with Gasteiger partial charge in [-0.1, -0.05) is 11.6 Å². The van der Waals surface area contributed by atoms with Gasteiger partial charge in [0.1, 0.15) is 0 Å². The summed E-state index contributed by atoms with van der Waals surface area (Å²) in [7, 11) is 0. The van der Waals surface area contributed by atoms with Crippen molar-refractivity contribution in [2.45, 2.75) is 6.92 Å². The second kappa shape index (κ2) is 2.85. The third kappa shape index (κ3) is 1.31. The third-order valence-electron chi connectivity index (χ3n) is 1.86. The number of H-pyrrole nitrogens is 1. The number of carbonyl (C=O) groups excluding carboxylic acids is 1. The topological polar surface area (TPSA) is 45.8 Å². The van der Waals surface area contributed by atoms with Crippen molar-refractivity contribution in [1.82, 2.24) is 9.97 Å². The van der Waals surface area contributed by atoms with Gasteiger partial charge < -0.3 is 4.98 Å². The highest BCUT2D eigenvalue weighted by molar-refractivity contribution is 6.31. The van der Waals surface area contributed by atoms with Crippen molar-refractivity contribution >= 4 is 28.4 Å². The maximum Gasteiger partial charge on any atom is 0.163 e. The lowest BCUT2D eigenvalue weighted by Crippen LogP contribution is -1.90. The molecule has 2 aromatic rings. The lowest BCUT2D eigenvalue weighted by Gasteiger charge is -1.92. The third-order valence-corrected chi connectivity index (χ3v) is 2.07. The first-order valence-electron chi connectivity index (χ1n) is 3.82. The summed E-state index contributed by atoms with van der Waals surface area (Å²) >= 11 is 5.74. The molecule has 3 nitrogen and oxygen atoms in total. The molecule has 0 radical (unpaired) electrons. The van der Waals surface area contributed by atoms with Gasteiger partial charge in [-0.25, -0.2) is 0 Å². The molecule has 0 fully saturated rings. The van der Waals surface area contributed by atoms with Crippen LogP contribution in [-0.2, 0) is 0 Å². The first-order chi connectivity index (χ1) is 6.18. The molecule has 1 N–H and O–H groups in total. The van der Waals surface area contributed by atoms with Crippen molar-refractivity contribution < 1.29 is 4.79 Å². The number of fused-ring (bicyclic) bond motifs is 1. The van der Waals surface area contributed by atoms with E-state index in [0.717, 1.165) is 5.52 Å². The van der Waals surface area contributed by atoms with E-state index in [1.807, 2.05) is 0 Å². The number of pyridine rings is 1. The summed E-state index contributed by atoms with van der Waals surface area (Å²) in [6.07, 6.45) is 3.18. The highest BCUT2D eigenvalue weighted by Gasteiger charge is 2.08. The molecule has 0 amide bonds. The van der Waals surface area contributed by atoms with Crippen LogP contribution in [0.15, 0.2) is 18.5 Å². The molecule has 13 heavy (non-hydrogen) atoms. The number of aromatic amines is 1. The van der Waals surface area contributed by atoms with Crippen LogP contribution >= 0.6 is 11.6 Å². The molecule has 0 saturated heterocycles. The Morgan fingerprint density at radius 3 is 3.08 bits per heavy atom. The Morgan fingerprint density at radius 2 is 2.38 bits per heavy atom. The fourth-order valence-electron chi connectivity index (χ4n) is 1.25. The van der Waals surface area contributed by atoms with E-state index in [4.69, 9.17) is 11.6 Å². The Hall–Kier alpha value is -1.35. The number of halogens is 1. The molecule has 0 aliphatic rings. The van der Waals surface area contributed by atoms with E-state index in [-0.39, 0.29) is 5.78 Å². The van der Waals surface area contributed by atoms with E-state index in [0.29, 0.717) is 16.1 Å². The monoisotopic (exact) mass is 194 g/mol. The summed E-state index contributed by atoms with van der Waals surface area (Å²) in [5.74, 6) is 0.000993. The van der Waals surface area contributed by atoms with Gasteiger partial charge in [-0.2, -0.15) is 0 Å². The van der Waals surface area contributed by atoms with Crippen LogP contribution in [0.25, 0.3) is 11.0 Å². The molecule has 2 heterocycles. The van der Waals surface area contributed by atoms with Gasteiger partial charge in [0.15, 0.2) is 5.78 Å². The molecule has 0 atom stereocenters. The van der Waals surface area contributed by atoms with Crippen LogP contribution in [0, 0.1) is 0 Å². The minimum atomic E-state index is 0.000993. The fraction of sp³-hybridized carbons (Fsp3) is 0.111. The number of hydrogen-bond acceptors (Lipinski definition) is 2. The first-order valence-corrected chi connectivity index (χ1v) is 4.20. The Labute approximate surface area is 79.7 Å². The zero-order chi connectivity index (χ0) is 9.42. The second-order valence-corrected chi connectivity index (χ2v) is 3.24. The Morgan fingerprint density at radius 1 is 1.62 bits per heavy atom. The highest BCUT2D eigenvalue weighted by atomic mass is 35.5. The number of Topliss-reactive ketones (excluding diaryl/α,β-unsaturated/α-hetero) is 1. The van der Waals surface area contributed by atoms with Crippen LogP contribution in [0.2, 0.25) is 5.02 Å². The van der Waals surface area contributed by atoms with E-state index < -0.39 is 0 Å². The minimum absolute atomic E-state index is 0.000993. The molecule has 66 valence electrons. The van der Waals surface area contributed by atoms with Crippen LogP contribution in [0.4, 0.5) is 0 Å². The molecule has 0 unspecified atom stereocenters. The van der Waals surface area contributed by atoms with Gasteiger partial charge in [-0.05, 0) is 13.0 Å². The van der Waals surface area contributed by atoms with Gasteiger partial charge in [0.25, 0.3) is 0 Å². The molecule has 0 spiro atoms. The summed E-state index contributed by atoms with van der Waals surface area (Å²) in [5.41, 5.74) is 2.07. The summed E-state index contributed by atoms with van der Waals surface area (Å²) in [6, 6.07) is 1.75. The molecule has 0 aliphatic heterocycles. The van der Waals surface area contributed by atoms with Crippen molar-refractivity contribution in [3.63, 3.8) is 0 Å². The van der Waals surface area contributed by atoms with Crippen LogP contribution < -0.4 is 0 Å². The Bertz CT molecular complexity index is 475. The lowest BCUT2D eigenvalue weighted by molar-refractivity contribution is 0.101. The summed E-state index contributed by atoms with van der Waals surface area (Å²) in [6.45, 7) is 1.51. The molecular weight excluding hydrogens is 188 g/mol. The molecule has 2 rings (SSSR count). The van der Waals surface area contributed by atoms with Gasteiger partial charge in [-0.15, -0.1) is 0 Å². The van der Waals surface area contributed by atoms with E-state index >= 15 is 0 Å². The van der Waals surface area contributed by atoms with Crippen molar-refractivity contribution in [2.75, 3.05) is 0 Å². The molecule has 0 bridgehead atoms. The largest absolute Gasteiger partial charge is 0.359 e. The number of rotatable bonds is 1. The molecule has 2 aromatic heterocycles. The van der Waals surface area contributed by atoms with Crippen LogP contribution in [0.1, 0.15) is 17.3 Å². The number of ketones is 1. The van der Waals surface area contributed by atoms with E-state index in [1.54, 1.807) is 12.3 Å². The van der Waals surface area contributed by atoms with E-state index in [1.165, 1.54) is 13.1 Å². The van der Waals surface area contributed by atoms with Gasteiger partial charge >= 0.3 is 0 Å². The van der Waals surface area contributed by atoms with Crippen LogP contribution in [0.3, 0.4) is 0 Å². The number of carbonyl (C=O) groups is 1. The van der Waals surface area contributed by atoms with Crippen LogP contribution in [0.5, 0.6) is 0 Å². The highest BCUT2D eigenvalue weighted by Crippen LogP contribution is 2.19. The standard InChI is InChI=1S/C9H7ClN2O/c1-5(13)7-4-11-8-2-6(10)3-12-9(7)8/h2-4,11H,1H3. The van der Waals surface area contributed by atoms with Crippen LogP contribution in [-0.4, -0.2) is 15.8 Å². The number of hydrogen-bond donors (Lipinski definition) is 1. The normalized spacial score (nSPS) is 10.6. The van der Waals surface area contributed by atoms with Gasteiger partial charge in [0, 0.05) is 12.4 Å². The molecule has 0 aliphatic carbocycles. The smallest absolute Gasteiger partial charge is 0.163 e. The van der Waals surface area contributed by atoms with Gasteiger partial charge in [0.2, 0.25) is 0 Å². The minimum Gasteiger partial charge on any atom is -0.359 e. The van der Waals surface area contributed by atoms with Crippen molar-refractivity contribution in [3.8, 4) is 0 Å². The predicted molar refractivity (Wildman–Crippen MR) is 51.1 cm³/mol. The number of nitrogens with one attached hydrogen (secondary N) is 1. The molecule has 4 heteroatoms. The zero-order valence-electron chi connectivity index (χ0n) is 6.97. The average Bonchev–Trinajstić information content (AvgIpc) is 2.46. The second-order valence-electron chi connectivity index (χ2n) is 2.81. The van der Waals surface area contributed by atoms with Crippen molar-refractivity contribution in [2.24, 2.45) is 0 Å². The summed E-state index contributed by atoms with van der Waals surface area (Å²) < 4.78 is 0. The quantitative estimate of drug-likeness (QED) is 0.709. The maximum atomic E-state index is 11.1. The number of aromatic nitrogens is 2. The lowest BCUT2D eigenvalue weighted by atomic mass is 10.2. The molecule has 0 aromatic carbocycles. The van der Waals surface area contributed by atoms with E-state index in [9.17, 15) is 4.79 Å². The fourth-order valence-corrected chi connectivity index (χ4v) is 1.41.